The number of hydrogen-bond acceptors (Lipinski definition) is 2. The number of hydrogen-bond donors (Lipinski definition) is 1. The molecule has 112 valence electrons. The van der Waals surface area contributed by atoms with Crippen molar-refractivity contribution in [1.29, 1.82) is 0 Å². The largest absolute Gasteiger partial charge is 0.435 e. The number of aliphatic hydroxyl groups excluding tert-OH is 1. The summed E-state index contributed by atoms with van der Waals surface area (Å²) in [6.07, 6.45) is -0.809. The highest BCUT2D eigenvalue weighted by Crippen LogP contribution is 2.26. The zero-order valence-corrected chi connectivity index (χ0v) is 11.5. The smallest absolute Gasteiger partial charge is 0.387 e. The van der Waals surface area contributed by atoms with Crippen LogP contribution in [0.5, 0.6) is 5.75 Å². The summed E-state index contributed by atoms with van der Waals surface area (Å²) in [5.41, 5.74) is 0.967. The first kappa shape index (κ1) is 15.7. The molecule has 0 saturated heterocycles. The van der Waals surface area contributed by atoms with Gasteiger partial charge >= 0.3 is 6.61 Å². The Balaban J connectivity index is 2.09. The highest BCUT2D eigenvalue weighted by molar-refractivity contribution is 6.31. The second-order valence-corrected chi connectivity index (χ2v) is 4.76. The zero-order chi connectivity index (χ0) is 15.4. The summed E-state index contributed by atoms with van der Waals surface area (Å²) in [4.78, 5) is 0. The van der Waals surface area contributed by atoms with Crippen LogP contribution >= 0.6 is 11.6 Å². The molecule has 6 heteroatoms. The van der Waals surface area contributed by atoms with Gasteiger partial charge in [-0.2, -0.15) is 8.78 Å². The van der Waals surface area contributed by atoms with E-state index in [1.54, 1.807) is 6.07 Å². The molecule has 2 nitrogen and oxygen atoms in total. The molecule has 2 aromatic carbocycles. The minimum atomic E-state index is -2.90. The Morgan fingerprint density at radius 3 is 2.38 bits per heavy atom. The molecule has 0 fully saturated rings. The third-order valence-electron chi connectivity index (χ3n) is 2.93. The fraction of sp³-hybridized carbons (Fsp3) is 0.200. The summed E-state index contributed by atoms with van der Waals surface area (Å²) in [5, 5.41) is 10.1. The molecule has 0 saturated carbocycles. The van der Waals surface area contributed by atoms with Crippen LogP contribution in [0.4, 0.5) is 13.2 Å². The van der Waals surface area contributed by atoms with Crippen LogP contribution in [0.25, 0.3) is 0 Å². The van der Waals surface area contributed by atoms with E-state index in [1.807, 2.05) is 0 Å². The van der Waals surface area contributed by atoms with Gasteiger partial charge < -0.3 is 9.84 Å². The van der Waals surface area contributed by atoms with Gasteiger partial charge in [-0.3, -0.25) is 0 Å². The van der Waals surface area contributed by atoms with Gasteiger partial charge in [0, 0.05) is 6.42 Å². The van der Waals surface area contributed by atoms with E-state index in [1.165, 1.54) is 36.4 Å². The molecule has 0 radical (unpaired) electrons. The van der Waals surface area contributed by atoms with E-state index in [0.29, 0.717) is 11.1 Å². The van der Waals surface area contributed by atoms with Crippen LogP contribution in [0, 0.1) is 5.82 Å². The molecule has 1 atom stereocenters. The van der Waals surface area contributed by atoms with Crippen LogP contribution in [-0.2, 0) is 6.42 Å². The molecule has 0 heterocycles. The lowest BCUT2D eigenvalue weighted by Gasteiger charge is -2.13. The van der Waals surface area contributed by atoms with Crippen molar-refractivity contribution in [1.82, 2.24) is 0 Å². The number of alkyl halides is 2. The molecule has 1 N–H and O–H groups in total. The average Bonchev–Trinajstić information content (AvgIpc) is 2.44. The molecule has 21 heavy (non-hydrogen) atoms. The highest BCUT2D eigenvalue weighted by Gasteiger charge is 2.13. The molecular formula is C15H12ClF3O2. The Bertz CT molecular complexity index is 602. The van der Waals surface area contributed by atoms with E-state index in [9.17, 15) is 18.3 Å². The van der Waals surface area contributed by atoms with Crippen LogP contribution in [-0.4, -0.2) is 11.7 Å². The van der Waals surface area contributed by atoms with Crippen molar-refractivity contribution in [2.75, 3.05) is 0 Å². The highest BCUT2D eigenvalue weighted by atomic mass is 35.5. The Morgan fingerprint density at radius 1 is 1.10 bits per heavy atom. The minimum absolute atomic E-state index is 0.00439. The van der Waals surface area contributed by atoms with E-state index < -0.39 is 18.5 Å². The molecule has 0 aliphatic rings. The van der Waals surface area contributed by atoms with Gasteiger partial charge in [0.25, 0.3) is 0 Å². The van der Waals surface area contributed by atoms with Gasteiger partial charge in [0.05, 0.1) is 11.1 Å². The molecular weight excluding hydrogens is 305 g/mol. The second kappa shape index (κ2) is 6.83. The van der Waals surface area contributed by atoms with E-state index in [-0.39, 0.29) is 17.2 Å². The van der Waals surface area contributed by atoms with Gasteiger partial charge in [0.15, 0.2) is 0 Å². The molecule has 2 rings (SSSR count). The van der Waals surface area contributed by atoms with Crippen LogP contribution in [0.2, 0.25) is 5.02 Å². The van der Waals surface area contributed by atoms with Crippen molar-refractivity contribution >= 4 is 11.6 Å². The Morgan fingerprint density at radius 2 is 1.76 bits per heavy atom. The first-order chi connectivity index (χ1) is 9.97. The average molecular weight is 317 g/mol. The van der Waals surface area contributed by atoms with Gasteiger partial charge in [-0.1, -0.05) is 35.9 Å². The van der Waals surface area contributed by atoms with Crippen LogP contribution in [0.1, 0.15) is 17.2 Å². The lowest BCUT2D eigenvalue weighted by molar-refractivity contribution is -0.0498. The summed E-state index contributed by atoms with van der Waals surface area (Å²) in [7, 11) is 0. The number of ether oxygens (including phenoxy) is 1. The predicted octanol–water partition coefficient (Wildman–Crippen LogP) is 4.36. The maximum atomic E-state index is 13.3. The summed E-state index contributed by atoms with van der Waals surface area (Å²) < 4.78 is 41.6. The molecule has 0 aromatic heterocycles. The quantitative estimate of drug-likeness (QED) is 0.888. The van der Waals surface area contributed by atoms with Crippen molar-refractivity contribution in [3.63, 3.8) is 0 Å². The zero-order valence-electron chi connectivity index (χ0n) is 10.8. The maximum absolute atomic E-state index is 13.3. The molecule has 0 bridgehead atoms. The molecule has 0 amide bonds. The molecule has 1 unspecified atom stereocenters. The van der Waals surface area contributed by atoms with E-state index in [2.05, 4.69) is 4.74 Å². The third kappa shape index (κ3) is 4.12. The first-order valence-electron chi connectivity index (χ1n) is 6.13. The fourth-order valence-electron chi connectivity index (χ4n) is 1.90. The Kier molecular flexibility index (Phi) is 5.09. The fourth-order valence-corrected chi connectivity index (χ4v) is 2.11. The van der Waals surface area contributed by atoms with E-state index in [0.717, 1.165) is 0 Å². The lowest BCUT2D eigenvalue weighted by Crippen LogP contribution is -2.04. The van der Waals surface area contributed by atoms with Crippen molar-refractivity contribution in [2.24, 2.45) is 0 Å². The maximum Gasteiger partial charge on any atom is 0.387 e. The number of rotatable bonds is 5. The van der Waals surface area contributed by atoms with Crippen LogP contribution < -0.4 is 4.74 Å². The van der Waals surface area contributed by atoms with E-state index >= 15 is 0 Å². The molecule has 0 aliphatic carbocycles. The van der Waals surface area contributed by atoms with E-state index in [4.69, 9.17) is 11.6 Å². The summed E-state index contributed by atoms with van der Waals surface area (Å²) >= 11 is 5.82. The Hall–Kier alpha value is -1.72. The van der Waals surface area contributed by atoms with Crippen molar-refractivity contribution in [3.05, 3.63) is 64.4 Å². The van der Waals surface area contributed by atoms with Crippen molar-refractivity contribution in [3.8, 4) is 5.75 Å². The third-order valence-corrected chi connectivity index (χ3v) is 3.36. The number of aliphatic hydroxyl groups is 1. The molecule has 0 aliphatic heterocycles. The normalized spacial score (nSPS) is 12.5. The SMILES string of the molecule is OC(Cc1cccc(F)c1Cl)c1ccc(OC(F)F)cc1. The van der Waals surface area contributed by atoms with Crippen LogP contribution in [0.3, 0.4) is 0 Å². The van der Waals surface area contributed by atoms with Crippen molar-refractivity contribution < 1.29 is 23.0 Å². The summed E-state index contributed by atoms with van der Waals surface area (Å²) in [6.45, 7) is -2.90. The van der Waals surface area contributed by atoms with Gasteiger partial charge in [0.2, 0.25) is 0 Å². The van der Waals surface area contributed by atoms with Crippen LogP contribution in [0.15, 0.2) is 42.5 Å². The van der Waals surface area contributed by atoms with Gasteiger partial charge in [0.1, 0.15) is 11.6 Å². The second-order valence-electron chi connectivity index (χ2n) is 4.38. The Labute approximate surface area is 124 Å². The topological polar surface area (TPSA) is 29.5 Å². The minimum Gasteiger partial charge on any atom is -0.435 e. The monoisotopic (exact) mass is 316 g/mol. The summed E-state index contributed by atoms with van der Waals surface area (Å²) in [5.74, 6) is -0.549. The standard InChI is InChI=1S/C15H12ClF3O2/c16-14-10(2-1-3-12(14)17)8-13(20)9-4-6-11(7-5-9)21-15(18)19/h1-7,13,15,20H,8H2. The van der Waals surface area contributed by atoms with Gasteiger partial charge in [-0.05, 0) is 29.3 Å². The molecule has 0 spiro atoms. The number of halogens is 4. The first-order valence-corrected chi connectivity index (χ1v) is 6.51. The van der Waals surface area contributed by atoms with Crippen molar-refractivity contribution in [2.45, 2.75) is 19.1 Å². The summed E-state index contributed by atoms with van der Waals surface area (Å²) in [6, 6.07) is 9.95. The lowest BCUT2D eigenvalue weighted by atomic mass is 10.0. The van der Waals surface area contributed by atoms with Gasteiger partial charge in [-0.25, -0.2) is 4.39 Å². The predicted molar refractivity (Wildman–Crippen MR) is 73.1 cm³/mol. The number of benzene rings is 2. The molecule has 2 aromatic rings. The van der Waals surface area contributed by atoms with Gasteiger partial charge in [-0.15, -0.1) is 0 Å².